The van der Waals surface area contributed by atoms with Crippen LogP contribution in [0.3, 0.4) is 0 Å². The molecular weight excluding hydrogens is 200 g/mol. The lowest BCUT2D eigenvalue weighted by molar-refractivity contribution is 0.194. The maximum absolute atomic E-state index is 5.09. The molecule has 0 radical (unpaired) electrons. The van der Waals surface area contributed by atoms with E-state index >= 15 is 0 Å². The Kier molecular flexibility index (Phi) is 4.02. The lowest BCUT2D eigenvalue weighted by Crippen LogP contribution is -2.38. The van der Waals surface area contributed by atoms with E-state index in [1.54, 1.807) is 6.26 Å². The monoisotopic (exact) mass is 222 g/mol. The van der Waals surface area contributed by atoms with Gasteiger partial charge >= 0.3 is 0 Å². The predicted molar refractivity (Wildman–Crippen MR) is 65.3 cm³/mol. The van der Waals surface area contributed by atoms with Crippen molar-refractivity contribution in [2.45, 2.75) is 32.4 Å². The normalized spacial score (nSPS) is 22.1. The smallest absolute Gasteiger partial charge is 0.0947 e. The van der Waals surface area contributed by atoms with Gasteiger partial charge in [-0.25, -0.2) is 0 Å². The Balaban J connectivity index is 1.80. The molecular formula is C13H22N2O. The molecule has 2 heterocycles. The summed E-state index contributed by atoms with van der Waals surface area (Å²) >= 11 is 0. The Bertz CT molecular complexity index is 297. The van der Waals surface area contributed by atoms with Crippen LogP contribution in [-0.2, 0) is 6.54 Å². The summed E-state index contributed by atoms with van der Waals surface area (Å²) in [6.45, 7) is 6.88. The molecule has 90 valence electrons. The molecule has 0 bridgehead atoms. The molecule has 1 aromatic rings. The summed E-state index contributed by atoms with van der Waals surface area (Å²) in [6, 6.07) is 2.80. The van der Waals surface area contributed by atoms with E-state index in [-0.39, 0.29) is 0 Å². The van der Waals surface area contributed by atoms with E-state index in [0.29, 0.717) is 0 Å². The average molecular weight is 222 g/mol. The van der Waals surface area contributed by atoms with E-state index in [4.69, 9.17) is 4.42 Å². The zero-order valence-corrected chi connectivity index (χ0v) is 10.4. The van der Waals surface area contributed by atoms with Gasteiger partial charge < -0.3 is 9.32 Å². The fraction of sp³-hybridized carbons (Fsp3) is 0.692. The molecule has 0 aliphatic carbocycles. The van der Waals surface area contributed by atoms with Crippen molar-refractivity contribution in [2.24, 2.45) is 0 Å². The second-order valence-electron chi connectivity index (χ2n) is 4.75. The Labute approximate surface area is 98.0 Å². The highest BCUT2D eigenvalue weighted by molar-refractivity contribution is 5.04. The Morgan fingerprint density at radius 1 is 1.56 bits per heavy atom. The van der Waals surface area contributed by atoms with Crippen LogP contribution in [0.1, 0.15) is 25.3 Å². The first kappa shape index (κ1) is 11.7. The summed E-state index contributed by atoms with van der Waals surface area (Å²) in [7, 11) is 2.19. The molecule has 1 atom stereocenters. The van der Waals surface area contributed by atoms with Crippen molar-refractivity contribution in [1.82, 2.24) is 9.80 Å². The van der Waals surface area contributed by atoms with E-state index in [0.717, 1.165) is 12.6 Å². The van der Waals surface area contributed by atoms with Gasteiger partial charge in [0.15, 0.2) is 0 Å². The summed E-state index contributed by atoms with van der Waals surface area (Å²) in [5.41, 5.74) is 1.27. The zero-order chi connectivity index (χ0) is 11.4. The van der Waals surface area contributed by atoms with Crippen molar-refractivity contribution in [1.29, 1.82) is 0 Å². The van der Waals surface area contributed by atoms with Gasteiger partial charge in [-0.1, -0.05) is 6.92 Å². The van der Waals surface area contributed by atoms with Crippen LogP contribution >= 0.6 is 0 Å². The Morgan fingerprint density at radius 3 is 3.12 bits per heavy atom. The molecule has 0 amide bonds. The number of hydrogen-bond donors (Lipinski definition) is 0. The van der Waals surface area contributed by atoms with Gasteiger partial charge in [0.2, 0.25) is 0 Å². The van der Waals surface area contributed by atoms with E-state index in [1.807, 2.05) is 12.3 Å². The van der Waals surface area contributed by atoms with Gasteiger partial charge in [-0.05, 0) is 39.0 Å². The molecule has 0 aromatic carbocycles. The minimum Gasteiger partial charge on any atom is -0.472 e. The lowest BCUT2D eigenvalue weighted by Gasteiger charge is -2.27. The van der Waals surface area contributed by atoms with Gasteiger partial charge in [0.25, 0.3) is 0 Å². The first-order valence-corrected chi connectivity index (χ1v) is 6.23. The SMILES string of the molecule is CCN1CCC[C@@H]1CN(C)Cc1ccoc1. The standard InChI is InChI=1S/C13H22N2O/c1-3-15-7-4-5-13(15)10-14(2)9-12-6-8-16-11-12/h6,8,11,13H,3-5,7,9-10H2,1-2H3/t13-/m1/s1. The highest BCUT2D eigenvalue weighted by atomic mass is 16.3. The third-order valence-electron chi connectivity index (χ3n) is 3.46. The van der Waals surface area contributed by atoms with Gasteiger partial charge in [0.1, 0.15) is 0 Å². The van der Waals surface area contributed by atoms with E-state index in [2.05, 4.69) is 23.8 Å². The van der Waals surface area contributed by atoms with Crippen LogP contribution in [0.5, 0.6) is 0 Å². The van der Waals surface area contributed by atoms with Crippen molar-refractivity contribution in [2.75, 3.05) is 26.7 Å². The number of likely N-dealkylation sites (tertiary alicyclic amines) is 1. The third-order valence-corrected chi connectivity index (χ3v) is 3.46. The molecule has 1 saturated heterocycles. The molecule has 2 rings (SSSR count). The summed E-state index contributed by atoms with van der Waals surface area (Å²) in [6.07, 6.45) is 6.29. The maximum atomic E-state index is 5.09. The van der Waals surface area contributed by atoms with Crippen LogP contribution in [-0.4, -0.2) is 42.5 Å². The van der Waals surface area contributed by atoms with Gasteiger partial charge in [-0.3, -0.25) is 4.90 Å². The molecule has 16 heavy (non-hydrogen) atoms. The van der Waals surface area contributed by atoms with Crippen molar-refractivity contribution >= 4 is 0 Å². The first-order chi connectivity index (χ1) is 7.79. The van der Waals surface area contributed by atoms with Gasteiger partial charge in [-0.15, -0.1) is 0 Å². The van der Waals surface area contributed by atoms with Crippen molar-refractivity contribution in [3.05, 3.63) is 24.2 Å². The van der Waals surface area contributed by atoms with Crippen LogP contribution in [0.2, 0.25) is 0 Å². The molecule has 1 aliphatic rings. The Hall–Kier alpha value is -0.800. The van der Waals surface area contributed by atoms with Crippen molar-refractivity contribution < 1.29 is 4.42 Å². The molecule has 0 unspecified atom stereocenters. The van der Waals surface area contributed by atoms with Gasteiger partial charge in [0, 0.05) is 24.7 Å². The fourth-order valence-corrected chi connectivity index (χ4v) is 2.64. The van der Waals surface area contributed by atoms with Crippen LogP contribution in [0, 0.1) is 0 Å². The summed E-state index contributed by atoms with van der Waals surface area (Å²) in [5, 5.41) is 0. The topological polar surface area (TPSA) is 19.6 Å². The minimum atomic E-state index is 0.752. The Morgan fingerprint density at radius 2 is 2.44 bits per heavy atom. The molecule has 1 aliphatic heterocycles. The van der Waals surface area contributed by atoms with E-state index in [1.165, 1.54) is 38.0 Å². The molecule has 0 N–H and O–H groups in total. The van der Waals surface area contributed by atoms with E-state index < -0.39 is 0 Å². The summed E-state index contributed by atoms with van der Waals surface area (Å²) in [4.78, 5) is 4.98. The highest BCUT2D eigenvalue weighted by Crippen LogP contribution is 2.17. The van der Waals surface area contributed by atoms with Crippen molar-refractivity contribution in [3.8, 4) is 0 Å². The van der Waals surface area contributed by atoms with E-state index in [9.17, 15) is 0 Å². The molecule has 3 nitrogen and oxygen atoms in total. The average Bonchev–Trinajstić information content (AvgIpc) is 2.88. The second kappa shape index (κ2) is 5.51. The fourth-order valence-electron chi connectivity index (χ4n) is 2.64. The zero-order valence-electron chi connectivity index (χ0n) is 10.4. The maximum Gasteiger partial charge on any atom is 0.0947 e. The summed E-state index contributed by atoms with van der Waals surface area (Å²) in [5.74, 6) is 0. The van der Waals surface area contributed by atoms with Crippen LogP contribution in [0.25, 0.3) is 0 Å². The second-order valence-corrected chi connectivity index (χ2v) is 4.75. The number of hydrogen-bond acceptors (Lipinski definition) is 3. The van der Waals surface area contributed by atoms with Crippen LogP contribution in [0.15, 0.2) is 23.0 Å². The van der Waals surface area contributed by atoms with Gasteiger partial charge in [-0.2, -0.15) is 0 Å². The van der Waals surface area contributed by atoms with Crippen LogP contribution in [0.4, 0.5) is 0 Å². The molecule has 0 saturated carbocycles. The molecule has 1 fully saturated rings. The molecule has 3 heteroatoms. The molecule has 1 aromatic heterocycles. The first-order valence-electron chi connectivity index (χ1n) is 6.23. The number of rotatable bonds is 5. The number of likely N-dealkylation sites (N-methyl/N-ethyl adjacent to an activating group) is 2. The lowest BCUT2D eigenvalue weighted by atomic mass is 10.2. The highest BCUT2D eigenvalue weighted by Gasteiger charge is 2.23. The molecule has 0 spiro atoms. The minimum absolute atomic E-state index is 0.752. The predicted octanol–water partition coefficient (Wildman–Crippen LogP) is 2.20. The largest absolute Gasteiger partial charge is 0.472 e. The van der Waals surface area contributed by atoms with Crippen LogP contribution < -0.4 is 0 Å². The summed E-state index contributed by atoms with van der Waals surface area (Å²) < 4.78 is 5.09. The quantitative estimate of drug-likeness (QED) is 0.761. The number of nitrogens with zero attached hydrogens (tertiary/aromatic N) is 2. The van der Waals surface area contributed by atoms with Gasteiger partial charge in [0.05, 0.1) is 12.5 Å². The van der Waals surface area contributed by atoms with Crippen molar-refractivity contribution in [3.63, 3.8) is 0 Å². The third kappa shape index (κ3) is 2.86. The number of furan rings is 1.